The Balaban J connectivity index is 0.000000136. The summed E-state index contributed by atoms with van der Waals surface area (Å²) in [6.07, 6.45) is 4.14. The van der Waals surface area contributed by atoms with Gasteiger partial charge in [0.2, 0.25) is 0 Å². The second-order valence-electron chi connectivity index (χ2n) is 6.21. The van der Waals surface area contributed by atoms with Crippen molar-refractivity contribution in [2.45, 2.75) is 0 Å². The van der Waals surface area contributed by atoms with Crippen molar-refractivity contribution >= 4 is 33.4 Å². The van der Waals surface area contributed by atoms with Crippen LogP contribution >= 0.6 is 11.6 Å². The normalized spacial score (nSPS) is 10.7. The number of benzene rings is 3. The second kappa shape index (κ2) is 7.11. The van der Waals surface area contributed by atoms with Crippen molar-refractivity contribution in [1.29, 1.82) is 0 Å². The molecule has 0 radical (unpaired) electrons. The van der Waals surface area contributed by atoms with Crippen LogP contribution in [0, 0.1) is 0 Å². The van der Waals surface area contributed by atoms with E-state index in [9.17, 15) is 0 Å². The Morgan fingerprint density at radius 2 is 1.38 bits per heavy atom. The van der Waals surface area contributed by atoms with E-state index in [1.807, 2.05) is 37.5 Å². The van der Waals surface area contributed by atoms with E-state index in [2.05, 4.69) is 76.0 Å². The maximum atomic E-state index is 5.82. The first-order valence-electron chi connectivity index (χ1n) is 8.54. The van der Waals surface area contributed by atoms with E-state index < -0.39 is 0 Å². The van der Waals surface area contributed by atoms with Crippen LogP contribution in [-0.2, 0) is 7.05 Å². The molecule has 3 aromatic carbocycles. The summed E-state index contributed by atoms with van der Waals surface area (Å²) in [5.74, 6) is 0. The predicted octanol–water partition coefficient (Wildman–Crippen LogP) is 6.46. The molecule has 2 nitrogen and oxygen atoms in total. The fourth-order valence-electron chi connectivity index (χ4n) is 3.15. The number of halogens is 1. The minimum atomic E-state index is 0.795. The zero-order chi connectivity index (χ0) is 17.9. The number of para-hydroxylation sites is 2. The van der Waals surface area contributed by atoms with E-state index in [1.165, 1.54) is 27.5 Å². The molecule has 0 bridgehead atoms. The average Bonchev–Trinajstić information content (AvgIpc) is 3.27. The highest BCUT2D eigenvalue weighted by Crippen LogP contribution is 2.20. The van der Waals surface area contributed by atoms with Crippen LogP contribution in [0.3, 0.4) is 0 Å². The monoisotopic (exact) mass is 358 g/mol. The molecule has 128 valence electrons. The summed E-state index contributed by atoms with van der Waals surface area (Å²) in [5.41, 5.74) is 3.68. The summed E-state index contributed by atoms with van der Waals surface area (Å²) in [6.45, 7) is 0. The third kappa shape index (κ3) is 3.24. The lowest BCUT2D eigenvalue weighted by atomic mass is 10.2. The Hall–Kier alpha value is -2.97. The van der Waals surface area contributed by atoms with Gasteiger partial charge in [0.15, 0.2) is 0 Å². The number of hydrogen-bond acceptors (Lipinski definition) is 0. The molecular weight excluding hydrogens is 340 g/mol. The lowest BCUT2D eigenvalue weighted by molar-refractivity contribution is 0.969. The SMILES string of the molecule is Cn1ccc2cc(Cl)ccc21.c1ccc(-n2ccc3ccccc32)cc1. The zero-order valence-electron chi connectivity index (χ0n) is 14.5. The molecule has 0 unspecified atom stereocenters. The van der Waals surface area contributed by atoms with Gasteiger partial charge in [-0.1, -0.05) is 48.0 Å². The number of aromatic nitrogens is 2. The Morgan fingerprint density at radius 3 is 2.23 bits per heavy atom. The minimum absolute atomic E-state index is 0.795. The molecule has 0 aliphatic rings. The van der Waals surface area contributed by atoms with Crippen molar-refractivity contribution in [2.24, 2.45) is 7.05 Å². The van der Waals surface area contributed by atoms with Gasteiger partial charge >= 0.3 is 0 Å². The number of aryl methyl sites for hydroxylation is 1. The third-order valence-corrected chi connectivity index (χ3v) is 4.72. The van der Waals surface area contributed by atoms with Gasteiger partial charge in [-0.25, -0.2) is 0 Å². The van der Waals surface area contributed by atoms with Crippen molar-refractivity contribution in [3.05, 3.63) is 102 Å². The highest BCUT2D eigenvalue weighted by molar-refractivity contribution is 6.31. The smallest absolute Gasteiger partial charge is 0.0528 e. The van der Waals surface area contributed by atoms with Crippen molar-refractivity contribution in [3.63, 3.8) is 0 Å². The van der Waals surface area contributed by atoms with Gasteiger partial charge in [-0.2, -0.15) is 0 Å². The van der Waals surface area contributed by atoms with Crippen molar-refractivity contribution in [3.8, 4) is 5.69 Å². The first-order valence-corrected chi connectivity index (χ1v) is 8.92. The maximum absolute atomic E-state index is 5.82. The summed E-state index contributed by atoms with van der Waals surface area (Å²) in [7, 11) is 2.02. The molecular formula is C23H19ClN2. The largest absolute Gasteiger partial charge is 0.351 e. The topological polar surface area (TPSA) is 9.86 Å². The molecule has 0 atom stereocenters. The molecule has 0 fully saturated rings. The molecule has 26 heavy (non-hydrogen) atoms. The van der Waals surface area contributed by atoms with Crippen LogP contribution in [0.5, 0.6) is 0 Å². The Morgan fingerprint density at radius 1 is 0.654 bits per heavy atom. The lowest BCUT2D eigenvalue weighted by Gasteiger charge is -2.04. The van der Waals surface area contributed by atoms with Gasteiger partial charge in [-0.3, -0.25) is 0 Å². The van der Waals surface area contributed by atoms with Gasteiger partial charge < -0.3 is 9.13 Å². The van der Waals surface area contributed by atoms with Gasteiger partial charge in [0.05, 0.1) is 5.52 Å². The molecule has 0 N–H and O–H groups in total. The maximum Gasteiger partial charge on any atom is 0.0528 e. The molecule has 0 saturated carbocycles. The van der Waals surface area contributed by atoms with Crippen molar-refractivity contribution in [2.75, 3.05) is 0 Å². The van der Waals surface area contributed by atoms with E-state index in [4.69, 9.17) is 11.6 Å². The van der Waals surface area contributed by atoms with Crippen LogP contribution in [0.25, 0.3) is 27.5 Å². The Bertz CT molecular complexity index is 1150. The fraction of sp³-hybridized carbons (Fsp3) is 0.0435. The third-order valence-electron chi connectivity index (χ3n) is 4.48. The van der Waals surface area contributed by atoms with Crippen LogP contribution in [0.1, 0.15) is 0 Å². The molecule has 0 spiro atoms. The summed E-state index contributed by atoms with van der Waals surface area (Å²) in [6, 6.07) is 28.9. The number of nitrogens with zero attached hydrogens (tertiary/aromatic N) is 2. The van der Waals surface area contributed by atoms with Crippen LogP contribution in [0.4, 0.5) is 0 Å². The van der Waals surface area contributed by atoms with Crippen LogP contribution in [0.15, 0.2) is 97.3 Å². The zero-order valence-corrected chi connectivity index (χ0v) is 15.3. The highest BCUT2D eigenvalue weighted by atomic mass is 35.5. The number of fused-ring (bicyclic) bond motifs is 2. The molecule has 3 heteroatoms. The Kier molecular flexibility index (Phi) is 4.51. The van der Waals surface area contributed by atoms with Gasteiger partial charge in [-0.15, -0.1) is 0 Å². The van der Waals surface area contributed by atoms with Crippen LogP contribution in [-0.4, -0.2) is 9.13 Å². The average molecular weight is 359 g/mol. The molecule has 0 saturated heterocycles. The molecule has 0 aliphatic heterocycles. The van der Waals surface area contributed by atoms with E-state index >= 15 is 0 Å². The van der Waals surface area contributed by atoms with Crippen molar-refractivity contribution < 1.29 is 0 Å². The highest BCUT2D eigenvalue weighted by Gasteiger charge is 2.00. The Labute approximate surface area is 157 Å². The number of hydrogen-bond donors (Lipinski definition) is 0. The summed E-state index contributed by atoms with van der Waals surface area (Å²) in [5, 5.41) is 3.27. The molecule has 5 aromatic rings. The quantitative estimate of drug-likeness (QED) is 0.325. The summed E-state index contributed by atoms with van der Waals surface area (Å²) < 4.78 is 4.28. The fourth-order valence-corrected chi connectivity index (χ4v) is 3.33. The molecule has 2 aromatic heterocycles. The van der Waals surface area contributed by atoms with E-state index in [-0.39, 0.29) is 0 Å². The summed E-state index contributed by atoms with van der Waals surface area (Å²) >= 11 is 5.82. The van der Waals surface area contributed by atoms with E-state index in [0.29, 0.717) is 0 Å². The van der Waals surface area contributed by atoms with Crippen molar-refractivity contribution in [1.82, 2.24) is 9.13 Å². The minimum Gasteiger partial charge on any atom is -0.351 e. The van der Waals surface area contributed by atoms with Gasteiger partial charge in [0, 0.05) is 41.1 Å². The molecule has 0 aliphatic carbocycles. The van der Waals surface area contributed by atoms with E-state index in [1.54, 1.807) is 0 Å². The predicted molar refractivity (Wildman–Crippen MR) is 111 cm³/mol. The molecule has 5 rings (SSSR count). The van der Waals surface area contributed by atoms with E-state index in [0.717, 1.165) is 5.02 Å². The summed E-state index contributed by atoms with van der Waals surface area (Å²) in [4.78, 5) is 0. The van der Waals surface area contributed by atoms with Gasteiger partial charge in [0.1, 0.15) is 0 Å². The molecule has 2 heterocycles. The second-order valence-corrected chi connectivity index (χ2v) is 6.65. The lowest BCUT2D eigenvalue weighted by Crippen LogP contribution is -1.89. The van der Waals surface area contributed by atoms with Gasteiger partial charge in [-0.05, 0) is 53.9 Å². The molecule has 0 amide bonds. The first kappa shape index (κ1) is 16.5. The van der Waals surface area contributed by atoms with Gasteiger partial charge in [0.25, 0.3) is 0 Å². The standard InChI is InChI=1S/C14H11N.C9H8ClN/c1-2-7-13(8-3-1)15-11-10-12-6-4-5-9-14(12)15;1-11-5-4-7-6-8(10)2-3-9(7)11/h1-11H;2-6H,1H3. The first-order chi connectivity index (χ1) is 12.7. The van der Waals surface area contributed by atoms with Crippen LogP contribution in [0.2, 0.25) is 5.02 Å². The van der Waals surface area contributed by atoms with Crippen LogP contribution < -0.4 is 0 Å². The number of rotatable bonds is 1.